The fourth-order valence-electron chi connectivity index (χ4n) is 2.73. The maximum atomic E-state index is 13.1. The van der Waals surface area contributed by atoms with E-state index >= 15 is 0 Å². The Morgan fingerprint density at radius 2 is 2.24 bits per heavy atom. The zero-order valence-corrected chi connectivity index (χ0v) is 15.2. The summed E-state index contributed by atoms with van der Waals surface area (Å²) in [4.78, 5) is 19.0. The number of hydrogen-bond acceptors (Lipinski definition) is 5. The second-order valence-electron chi connectivity index (χ2n) is 6.56. The summed E-state index contributed by atoms with van der Waals surface area (Å²) in [7, 11) is -3.07. The van der Waals surface area contributed by atoms with E-state index in [0.717, 1.165) is 0 Å². The van der Waals surface area contributed by atoms with E-state index in [1.165, 1.54) is 18.3 Å². The maximum Gasteiger partial charge on any atom is 0.263 e. The van der Waals surface area contributed by atoms with Crippen molar-refractivity contribution in [2.24, 2.45) is 11.1 Å². The van der Waals surface area contributed by atoms with Crippen LogP contribution in [0.1, 0.15) is 25.8 Å². The van der Waals surface area contributed by atoms with Crippen LogP contribution in [0.3, 0.4) is 0 Å². The van der Waals surface area contributed by atoms with Gasteiger partial charge in [-0.15, -0.1) is 0 Å². The van der Waals surface area contributed by atoms with Crippen molar-refractivity contribution in [3.05, 3.63) is 35.6 Å². The van der Waals surface area contributed by atoms with Crippen molar-refractivity contribution in [2.45, 2.75) is 26.3 Å². The number of benzene rings is 1. The predicted octanol–water partition coefficient (Wildman–Crippen LogP) is 1.85. The minimum atomic E-state index is -3.07. The molecule has 0 bridgehead atoms. The Kier molecular flexibility index (Phi) is 6.52. The number of sulfone groups is 1. The van der Waals surface area contributed by atoms with E-state index in [4.69, 9.17) is 4.84 Å². The summed E-state index contributed by atoms with van der Waals surface area (Å²) in [5.41, 5.74) is 0.522. The largest absolute Gasteiger partial charge is 0.386 e. The van der Waals surface area contributed by atoms with E-state index in [9.17, 15) is 17.6 Å². The molecule has 0 aliphatic carbocycles. The highest BCUT2D eigenvalue weighted by atomic mass is 32.2. The molecule has 0 radical (unpaired) electrons. The molecule has 0 aromatic heterocycles. The average molecular weight is 370 g/mol. The third-order valence-corrected chi connectivity index (χ3v) is 5.59. The number of hydrogen-bond donors (Lipinski definition) is 0. The molecule has 0 saturated carbocycles. The van der Waals surface area contributed by atoms with Crippen LogP contribution in [0.2, 0.25) is 0 Å². The fraction of sp³-hybridized carbons (Fsp3) is 0.529. The molecule has 0 N–H and O–H groups in total. The van der Waals surface area contributed by atoms with Gasteiger partial charge in [0.25, 0.3) is 5.91 Å². The van der Waals surface area contributed by atoms with Crippen LogP contribution in [0.4, 0.5) is 4.39 Å². The van der Waals surface area contributed by atoms with Gasteiger partial charge in [-0.05, 0) is 30.0 Å². The zero-order valence-electron chi connectivity index (χ0n) is 14.4. The van der Waals surface area contributed by atoms with E-state index in [2.05, 4.69) is 5.16 Å². The van der Waals surface area contributed by atoms with E-state index in [-0.39, 0.29) is 41.8 Å². The van der Waals surface area contributed by atoms with Crippen LogP contribution in [0.25, 0.3) is 0 Å². The van der Waals surface area contributed by atoms with Gasteiger partial charge in [-0.3, -0.25) is 4.79 Å². The van der Waals surface area contributed by atoms with Crippen molar-refractivity contribution >= 4 is 22.0 Å². The third-order valence-electron chi connectivity index (χ3n) is 3.84. The molecule has 25 heavy (non-hydrogen) atoms. The molecule has 0 spiro atoms. The molecule has 1 aromatic carbocycles. The second kappa shape index (κ2) is 8.42. The summed E-state index contributed by atoms with van der Waals surface area (Å²) in [6.45, 7) is 4.12. The van der Waals surface area contributed by atoms with Gasteiger partial charge in [-0.1, -0.05) is 31.1 Å². The van der Waals surface area contributed by atoms with E-state index < -0.39 is 9.84 Å². The molecular formula is C17H23FN2O4S. The minimum absolute atomic E-state index is 0.00196. The zero-order chi connectivity index (χ0) is 18.4. The fourth-order valence-corrected chi connectivity index (χ4v) is 4.46. The van der Waals surface area contributed by atoms with Gasteiger partial charge in [0.05, 0.1) is 17.7 Å². The number of nitrogens with zero attached hydrogens (tertiary/aromatic N) is 2. The molecule has 1 aromatic rings. The van der Waals surface area contributed by atoms with Crippen LogP contribution in [0.5, 0.6) is 0 Å². The summed E-state index contributed by atoms with van der Waals surface area (Å²) in [5, 5.41) is 3.68. The van der Waals surface area contributed by atoms with Crippen molar-refractivity contribution in [1.82, 2.24) is 4.90 Å². The van der Waals surface area contributed by atoms with Gasteiger partial charge >= 0.3 is 0 Å². The highest BCUT2D eigenvalue weighted by Crippen LogP contribution is 2.19. The van der Waals surface area contributed by atoms with E-state index in [1.54, 1.807) is 17.0 Å². The van der Waals surface area contributed by atoms with Gasteiger partial charge in [0, 0.05) is 12.6 Å². The lowest BCUT2D eigenvalue weighted by Crippen LogP contribution is -2.44. The van der Waals surface area contributed by atoms with Gasteiger partial charge in [0.15, 0.2) is 16.4 Å². The van der Waals surface area contributed by atoms with Gasteiger partial charge in [0.1, 0.15) is 5.82 Å². The number of carbonyl (C=O) groups excluding carboxylic acids is 1. The highest BCUT2D eigenvalue weighted by molar-refractivity contribution is 7.91. The first-order valence-corrected chi connectivity index (χ1v) is 10.00. The predicted molar refractivity (Wildman–Crippen MR) is 93.6 cm³/mol. The molecule has 1 amide bonds. The van der Waals surface area contributed by atoms with Crippen molar-refractivity contribution < 1.29 is 22.4 Å². The quantitative estimate of drug-likeness (QED) is 0.542. The molecule has 1 aliphatic rings. The Labute approximate surface area is 147 Å². The normalized spacial score (nSPS) is 19.4. The van der Waals surface area contributed by atoms with Gasteiger partial charge < -0.3 is 9.74 Å². The summed E-state index contributed by atoms with van der Waals surface area (Å²) < 4.78 is 36.4. The van der Waals surface area contributed by atoms with Crippen LogP contribution >= 0.6 is 0 Å². The van der Waals surface area contributed by atoms with Gasteiger partial charge in [0.2, 0.25) is 0 Å². The Bertz CT molecular complexity index is 734. The lowest BCUT2D eigenvalue weighted by Gasteiger charge is -2.29. The smallest absolute Gasteiger partial charge is 0.263 e. The molecule has 1 fully saturated rings. The first kappa shape index (κ1) is 19.4. The standard InChI is InChI=1S/C17H23FN2O4S/c1-13(2)10-20(16-6-7-25(22,23)12-16)17(21)11-24-19-9-14-4-3-5-15(18)8-14/h3-5,8-9,13,16H,6-7,10-12H2,1-2H3/b19-9-/t16-/m1/s1. The van der Waals surface area contributed by atoms with Crippen molar-refractivity contribution in [2.75, 3.05) is 24.7 Å². The van der Waals surface area contributed by atoms with Crippen molar-refractivity contribution in [3.8, 4) is 0 Å². The molecular weight excluding hydrogens is 347 g/mol. The number of carbonyl (C=O) groups is 1. The molecule has 6 nitrogen and oxygen atoms in total. The van der Waals surface area contributed by atoms with E-state index in [0.29, 0.717) is 18.5 Å². The Hall–Kier alpha value is -1.96. The van der Waals surface area contributed by atoms with Crippen LogP contribution in [-0.4, -0.2) is 56.1 Å². The van der Waals surface area contributed by atoms with Gasteiger partial charge in [-0.2, -0.15) is 0 Å². The van der Waals surface area contributed by atoms with Crippen LogP contribution in [0.15, 0.2) is 29.4 Å². The van der Waals surface area contributed by atoms with Crippen LogP contribution in [-0.2, 0) is 19.5 Å². The van der Waals surface area contributed by atoms with Crippen molar-refractivity contribution in [3.63, 3.8) is 0 Å². The lowest BCUT2D eigenvalue weighted by atomic mass is 10.1. The Morgan fingerprint density at radius 1 is 1.48 bits per heavy atom. The summed E-state index contributed by atoms with van der Waals surface area (Å²) in [6.07, 6.45) is 1.77. The first-order chi connectivity index (χ1) is 11.8. The SMILES string of the molecule is CC(C)CN(C(=O)CO/N=C\c1cccc(F)c1)[C@@H]1CCS(=O)(=O)C1. The number of halogens is 1. The minimum Gasteiger partial charge on any atom is -0.386 e. The molecule has 1 atom stereocenters. The number of oxime groups is 1. The van der Waals surface area contributed by atoms with Crippen LogP contribution < -0.4 is 0 Å². The molecule has 0 unspecified atom stereocenters. The average Bonchev–Trinajstić information content (AvgIpc) is 2.88. The molecule has 1 heterocycles. The molecule has 1 aliphatic heterocycles. The van der Waals surface area contributed by atoms with Gasteiger partial charge in [-0.25, -0.2) is 12.8 Å². The Morgan fingerprint density at radius 3 is 2.84 bits per heavy atom. The summed E-state index contributed by atoms with van der Waals surface area (Å²) >= 11 is 0. The highest BCUT2D eigenvalue weighted by Gasteiger charge is 2.34. The number of amides is 1. The monoisotopic (exact) mass is 370 g/mol. The second-order valence-corrected chi connectivity index (χ2v) is 8.79. The van der Waals surface area contributed by atoms with E-state index in [1.807, 2.05) is 13.8 Å². The maximum absolute atomic E-state index is 13.1. The first-order valence-electron chi connectivity index (χ1n) is 8.17. The summed E-state index contributed by atoms with van der Waals surface area (Å²) in [6, 6.07) is 5.51. The molecule has 2 rings (SSSR count). The summed E-state index contributed by atoms with van der Waals surface area (Å²) in [5.74, 6) is -0.364. The number of rotatable bonds is 7. The molecule has 1 saturated heterocycles. The molecule has 138 valence electrons. The topological polar surface area (TPSA) is 76.0 Å². The Balaban J connectivity index is 1.93. The molecule has 8 heteroatoms. The lowest BCUT2D eigenvalue weighted by molar-refractivity contribution is -0.138. The van der Waals surface area contributed by atoms with Crippen molar-refractivity contribution in [1.29, 1.82) is 0 Å². The third kappa shape index (κ3) is 6.12. The van der Waals surface area contributed by atoms with Crippen LogP contribution in [0, 0.1) is 11.7 Å².